The van der Waals surface area contributed by atoms with E-state index in [9.17, 15) is 26.3 Å². The normalized spacial score (nSPS) is 13.1. The van der Waals surface area contributed by atoms with E-state index >= 15 is 0 Å². The molecule has 0 bridgehead atoms. The molecule has 0 heterocycles. The van der Waals surface area contributed by atoms with E-state index in [0.717, 1.165) is 62.5 Å². The van der Waals surface area contributed by atoms with E-state index in [4.69, 9.17) is 0 Å². The summed E-state index contributed by atoms with van der Waals surface area (Å²) in [4.78, 5) is 0. The highest BCUT2D eigenvalue weighted by molar-refractivity contribution is 6.14. The number of fused-ring (bicyclic) bond motifs is 3. The Morgan fingerprint density at radius 2 is 0.953 bits per heavy atom. The number of allylic oxidation sites excluding steroid dienone is 3. The van der Waals surface area contributed by atoms with Crippen LogP contribution in [0.5, 0.6) is 0 Å². The summed E-state index contributed by atoms with van der Waals surface area (Å²) < 4.78 is 77.9. The van der Waals surface area contributed by atoms with Gasteiger partial charge in [0.05, 0.1) is 11.1 Å². The van der Waals surface area contributed by atoms with Crippen LogP contribution in [0.15, 0.2) is 109 Å². The van der Waals surface area contributed by atoms with Crippen molar-refractivity contribution in [3.8, 4) is 0 Å². The summed E-state index contributed by atoms with van der Waals surface area (Å²) in [6.45, 7) is 1.92. The van der Waals surface area contributed by atoms with Crippen molar-refractivity contribution in [3.63, 3.8) is 0 Å². The van der Waals surface area contributed by atoms with E-state index in [1.807, 2.05) is 73.7 Å². The second kappa shape index (κ2) is 12.2. The van der Waals surface area contributed by atoms with Crippen LogP contribution in [0.2, 0.25) is 0 Å². The molecular weight excluding hydrogens is 558 g/mol. The number of hydrogen-bond donors (Lipinski definition) is 0. The lowest BCUT2D eigenvalue weighted by atomic mass is 9.92. The Hall–Kier alpha value is -4.84. The van der Waals surface area contributed by atoms with Crippen molar-refractivity contribution in [1.82, 2.24) is 0 Å². The van der Waals surface area contributed by atoms with E-state index in [2.05, 4.69) is 12.1 Å². The molecule has 0 N–H and O–H groups in total. The Bertz CT molecular complexity index is 1860. The molecule has 43 heavy (non-hydrogen) atoms. The molecule has 5 aromatic rings. The minimum atomic E-state index is -4.39. The molecule has 0 saturated heterocycles. The van der Waals surface area contributed by atoms with Crippen LogP contribution in [0.3, 0.4) is 0 Å². The maximum atomic E-state index is 13.0. The van der Waals surface area contributed by atoms with Gasteiger partial charge < -0.3 is 0 Å². The first-order valence-corrected chi connectivity index (χ1v) is 13.5. The monoisotopic (exact) mass is 584 g/mol. The third kappa shape index (κ3) is 6.97. The van der Waals surface area contributed by atoms with Crippen molar-refractivity contribution in [3.05, 3.63) is 148 Å². The molecule has 5 aromatic carbocycles. The van der Waals surface area contributed by atoms with Gasteiger partial charge >= 0.3 is 12.4 Å². The molecule has 0 aromatic heterocycles. The summed E-state index contributed by atoms with van der Waals surface area (Å²) in [5.41, 5.74) is 2.64. The van der Waals surface area contributed by atoms with E-state index in [1.54, 1.807) is 12.2 Å². The maximum Gasteiger partial charge on any atom is 0.416 e. The lowest BCUT2D eigenvalue weighted by Crippen LogP contribution is -2.03. The van der Waals surface area contributed by atoms with Crippen LogP contribution in [-0.2, 0) is 12.4 Å². The Kier molecular flexibility index (Phi) is 8.40. The Balaban J connectivity index is 1.59. The molecule has 0 unspecified atom stereocenters. The molecule has 0 atom stereocenters. The molecule has 0 amide bonds. The standard InChI is InChI=1S/C37H26F6/c1-2-3-4-7-28-22-27(11-10-25-13-18-30(19-14-25)36(38,39)40)23-35-33-9-6-5-8-32(33)29(24-34(28)35)17-12-26-15-20-31(21-16-26)37(41,42)43/h2-24H,1H3/b3-2-,7-4-,11-10+,17-12+. The topological polar surface area (TPSA) is 0 Å². The van der Waals surface area contributed by atoms with Crippen molar-refractivity contribution in [2.24, 2.45) is 0 Å². The van der Waals surface area contributed by atoms with Gasteiger partial charge in [0.2, 0.25) is 0 Å². The first kappa shape index (κ1) is 29.6. The molecule has 0 nitrogen and oxygen atoms in total. The zero-order chi connectivity index (χ0) is 30.6. The molecule has 6 heteroatoms. The Morgan fingerprint density at radius 1 is 0.442 bits per heavy atom. The molecule has 0 aliphatic heterocycles. The minimum absolute atomic E-state index is 0.646. The molecule has 5 rings (SSSR count). The highest BCUT2D eigenvalue weighted by Crippen LogP contribution is 2.35. The summed E-state index contributed by atoms with van der Waals surface area (Å²) in [5.74, 6) is 0. The van der Waals surface area contributed by atoms with Crippen LogP contribution >= 0.6 is 0 Å². The van der Waals surface area contributed by atoms with E-state index in [-0.39, 0.29) is 0 Å². The van der Waals surface area contributed by atoms with Crippen molar-refractivity contribution < 1.29 is 26.3 Å². The van der Waals surface area contributed by atoms with E-state index < -0.39 is 23.5 Å². The van der Waals surface area contributed by atoms with Crippen molar-refractivity contribution in [1.29, 1.82) is 0 Å². The highest BCUT2D eigenvalue weighted by atomic mass is 19.4. The smallest absolute Gasteiger partial charge is 0.166 e. The fraction of sp³-hybridized carbons (Fsp3) is 0.0811. The van der Waals surface area contributed by atoms with Crippen LogP contribution in [0, 0.1) is 0 Å². The molecule has 0 aliphatic carbocycles. The number of benzene rings is 5. The van der Waals surface area contributed by atoms with Gasteiger partial charge in [-0.05, 0) is 98.8 Å². The van der Waals surface area contributed by atoms with Crippen LogP contribution in [0.4, 0.5) is 26.3 Å². The van der Waals surface area contributed by atoms with Crippen LogP contribution in [0.25, 0.3) is 51.9 Å². The highest BCUT2D eigenvalue weighted by Gasteiger charge is 2.30. The average Bonchev–Trinajstić information content (AvgIpc) is 2.98. The molecule has 216 valence electrons. The fourth-order valence-electron chi connectivity index (χ4n) is 4.87. The number of halogens is 6. The molecule has 0 spiro atoms. The fourth-order valence-corrected chi connectivity index (χ4v) is 4.87. The molecular formula is C37H26F6. The maximum absolute atomic E-state index is 13.0. The SMILES string of the molecule is C/C=C\C=C/c1cc(/C=C/c2ccc(C(F)(F)F)cc2)cc2c1cc(/C=C/c1ccc(C(F)(F)F)cc1)c1ccccc12. The second-order valence-corrected chi connectivity index (χ2v) is 10.0. The van der Waals surface area contributed by atoms with Crippen LogP contribution < -0.4 is 0 Å². The van der Waals surface area contributed by atoms with Gasteiger partial charge in [0.25, 0.3) is 0 Å². The summed E-state index contributed by atoms with van der Waals surface area (Å²) in [6, 6.07) is 24.1. The van der Waals surface area contributed by atoms with Gasteiger partial charge in [-0.15, -0.1) is 0 Å². The predicted octanol–water partition coefficient (Wildman–Crippen LogP) is 12.0. The van der Waals surface area contributed by atoms with Crippen molar-refractivity contribution in [2.45, 2.75) is 19.3 Å². The summed E-state index contributed by atoms with van der Waals surface area (Å²) >= 11 is 0. The van der Waals surface area contributed by atoms with Gasteiger partial charge in [-0.3, -0.25) is 0 Å². The zero-order valence-electron chi connectivity index (χ0n) is 23.0. The average molecular weight is 585 g/mol. The van der Waals surface area contributed by atoms with Gasteiger partial charge in [-0.1, -0.05) is 97.1 Å². The largest absolute Gasteiger partial charge is 0.416 e. The summed E-state index contributed by atoms with van der Waals surface area (Å²) in [5, 5.41) is 3.96. The number of alkyl halides is 6. The van der Waals surface area contributed by atoms with Gasteiger partial charge in [0.1, 0.15) is 0 Å². The predicted molar refractivity (Wildman–Crippen MR) is 166 cm³/mol. The summed E-state index contributed by atoms with van der Waals surface area (Å²) in [7, 11) is 0. The quantitative estimate of drug-likeness (QED) is 0.0806. The van der Waals surface area contributed by atoms with Gasteiger partial charge in [0.15, 0.2) is 0 Å². The third-order valence-corrected chi connectivity index (χ3v) is 7.04. The second-order valence-electron chi connectivity index (χ2n) is 10.0. The van der Waals surface area contributed by atoms with E-state index in [1.165, 1.54) is 24.3 Å². The van der Waals surface area contributed by atoms with Crippen molar-refractivity contribution in [2.75, 3.05) is 0 Å². The van der Waals surface area contributed by atoms with Gasteiger partial charge in [0, 0.05) is 0 Å². The molecule has 0 saturated carbocycles. The first-order valence-electron chi connectivity index (χ1n) is 13.5. The zero-order valence-corrected chi connectivity index (χ0v) is 23.0. The number of rotatable bonds is 6. The van der Waals surface area contributed by atoms with Gasteiger partial charge in [-0.2, -0.15) is 26.3 Å². The Morgan fingerprint density at radius 3 is 1.51 bits per heavy atom. The Labute approximate surface area is 245 Å². The van der Waals surface area contributed by atoms with Crippen LogP contribution in [-0.4, -0.2) is 0 Å². The van der Waals surface area contributed by atoms with Gasteiger partial charge in [-0.25, -0.2) is 0 Å². The molecule has 0 radical (unpaired) electrons. The molecule has 0 aliphatic rings. The lowest BCUT2D eigenvalue weighted by molar-refractivity contribution is -0.138. The minimum Gasteiger partial charge on any atom is -0.166 e. The van der Waals surface area contributed by atoms with E-state index in [0.29, 0.717) is 11.1 Å². The molecule has 0 fully saturated rings. The lowest BCUT2D eigenvalue weighted by Gasteiger charge is -2.12. The first-order chi connectivity index (χ1) is 20.5. The van der Waals surface area contributed by atoms with Crippen LogP contribution in [0.1, 0.15) is 45.9 Å². The van der Waals surface area contributed by atoms with Crippen molar-refractivity contribution >= 4 is 51.9 Å². The third-order valence-electron chi connectivity index (χ3n) is 7.04. The summed E-state index contributed by atoms with van der Waals surface area (Å²) in [6.07, 6.45) is 6.35. The number of hydrogen-bond acceptors (Lipinski definition) is 0.